The number of hydrogen-bond donors (Lipinski definition) is 2. The molecule has 0 atom stereocenters. The molecular formula is C23H27F2N5. The number of alkyl halides is 2. The first-order chi connectivity index (χ1) is 14.3. The van der Waals surface area contributed by atoms with Crippen molar-refractivity contribution in [2.24, 2.45) is 0 Å². The second-order valence-corrected chi connectivity index (χ2v) is 7.64. The van der Waals surface area contributed by atoms with Gasteiger partial charge in [-0.25, -0.2) is 18.7 Å². The van der Waals surface area contributed by atoms with Gasteiger partial charge in [0.1, 0.15) is 5.82 Å². The highest BCUT2D eigenvalue weighted by atomic mass is 19.3. The minimum atomic E-state index is -2.64. The first-order valence-corrected chi connectivity index (χ1v) is 9.94. The van der Waals surface area contributed by atoms with E-state index >= 15 is 0 Å². The van der Waals surface area contributed by atoms with Crippen LogP contribution in [0.4, 0.5) is 14.5 Å². The zero-order valence-electron chi connectivity index (χ0n) is 17.2. The van der Waals surface area contributed by atoms with E-state index in [0.717, 1.165) is 22.4 Å². The minimum Gasteiger partial charge on any atom is -0.381 e. The third-order valence-corrected chi connectivity index (χ3v) is 5.03. The molecule has 0 radical (unpaired) electrons. The van der Waals surface area contributed by atoms with Crippen LogP contribution in [0.3, 0.4) is 0 Å². The number of benzene rings is 1. The molecule has 0 aliphatic carbocycles. The lowest BCUT2D eigenvalue weighted by Crippen LogP contribution is -2.42. The van der Waals surface area contributed by atoms with Crippen LogP contribution in [0, 0.1) is 5.41 Å². The Kier molecular flexibility index (Phi) is 6.72. The molecule has 5 nitrogen and oxygen atoms in total. The monoisotopic (exact) mass is 411 g/mol. The first-order valence-electron chi connectivity index (χ1n) is 9.94. The summed E-state index contributed by atoms with van der Waals surface area (Å²) in [7, 11) is 0. The van der Waals surface area contributed by atoms with Crippen molar-refractivity contribution in [2.75, 3.05) is 25.0 Å². The molecule has 3 rings (SSSR count). The van der Waals surface area contributed by atoms with E-state index in [0.29, 0.717) is 43.2 Å². The van der Waals surface area contributed by atoms with E-state index in [1.54, 1.807) is 30.3 Å². The highest BCUT2D eigenvalue weighted by molar-refractivity contribution is 6.13. The number of piperidine rings is 1. The predicted octanol–water partition coefficient (Wildman–Crippen LogP) is 4.92. The number of nitrogens with one attached hydrogen (secondary N) is 2. The molecule has 0 saturated carbocycles. The first kappa shape index (κ1) is 21.8. The zero-order chi connectivity index (χ0) is 21.7. The minimum absolute atomic E-state index is 0.0531. The molecule has 1 fully saturated rings. The fourth-order valence-electron chi connectivity index (χ4n) is 3.46. The molecule has 1 saturated heterocycles. The molecule has 1 aliphatic rings. The van der Waals surface area contributed by atoms with E-state index in [9.17, 15) is 8.78 Å². The average molecular weight is 412 g/mol. The summed E-state index contributed by atoms with van der Waals surface area (Å²) in [5.41, 5.74) is 4.26. The van der Waals surface area contributed by atoms with Gasteiger partial charge in [0.15, 0.2) is 0 Å². The summed E-state index contributed by atoms with van der Waals surface area (Å²) in [4.78, 5) is 10.5. The molecule has 30 heavy (non-hydrogen) atoms. The normalized spacial score (nSPS) is 16.1. The zero-order valence-corrected chi connectivity index (χ0v) is 17.2. The van der Waals surface area contributed by atoms with Crippen LogP contribution in [0.1, 0.15) is 31.2 Å². The highest BCUT2D eigenvalue weighted by Crippen LogP contribution is 2.28. The average Bonchev–Trinajstić information content (AvgIpc) is 2.71. The molecule has 1 aromatic heterocycles. The number of aromatic nitrogens is 2. The van der Waals surface area contributed by atoms with E-state index in [-0.39, 0.29) is 13.0 Å². The van der Waals surface area contributed by atoms with Crippen molar-refractivity contribution in [1.82, 2.24) is 14.9 Å². The lowest BCUT2D eigenvalue weighted by atomic mass is 9.98. The van der Waals surface area contributed by atoms with Gasteiger partial charge in [-0.2, -0.15) is 0 Å². The van der Waals surface area contributed by atoms with Crippen molar-refractivity contribution >= 4 is 11.4 Å². The Morgan fingerprint density at radius 1 is 1.30 bits per heavy atom. The summed E-state index contributed by atoms with van der Waals surface area (Å²) in [5, 5.41) is 11.6. The molecule has 2 N–H and O–H groups in total. The van der Waals surface area contributed by atoms with Crippen LogP contribution < -0.4 is 5.32 Å². The second kappa shape index (κ2) is 9.26. The van der Waals surface area contributed by atoms with E-state index in [1.165, 1.54) is 0 Å². The Hall–Kier alpha value is -2.93. The molecule has 0 spiro atoms. The van der Waals surface area contributed by atoms with E-state index in [1.807, 2.05) is 18.2 Å². The number of likely N-dealkylation sites (tertiary alicyclic amines) is 1. The summed E-state index contributed by atoms with van der Waals surface area (Å²) in [5.74, 6) is -2.11. The third kappa shape index (κ3) is 5.36. The number of anilines is 1. The summed E-state index contributed by atoms with van der Waals surface area (Å²) >= 11 is 0. The molecule has 1 aromatic carbocycles. The Morgan fingerprint density at radius 3 is 2.67 bits per heavy atom. The molecular weight excluding hydrogens is 384 g/mol. The van der Waals surface area contributed by atoms with Gasteiger partial charge >= 0.3 is 0 Å². The Labute approximate surface area is 176 Å². The van der Waals surface area contributed by atoms with Gasteiger partial charge in [-0.3, -0.25) is 10.3 Å². The van der Waals surface area contributed by atoms with Gasteiger partial charge in [-0.15, -0.1) is 6.58 Å². The molecule has 2 aromatic rings. The molecule has 2 heterocycles. The van der Waals surface area contributed by atoms with Gasteiger partial charge in [0.2, 0.25) is 0 Å². The van der Waals surface area contributed by atoms with Crippen LogP contribution in [-0.2, 0) is 6.54 Å². The number of allylic oxidation sites excluding steroid dienone is 1. The Balaban J connectivity index is 1.80. The summed E-state index contributed by atoms with van der Waals surface area (Å²) < 4.78 is 27.2. The van der Waals surface area contributed by atoms with Gasteiger partial charge in [-0.05, 0) is 43.2 Å². The van der Waals surface area contributed by atoms with Crippen LogP contribution in [0.5, 0.6) is 0 Å². The maximum atomic E-state index is 13.6. The Morgan fingerprint density at radius 2 is 2.03 bits per heavy atom. The van der Waals surface area contributed by atoms with E-state index in [2.05, 4.69) is 28.4 Å². The summed E-state index contributed by atoms with van der Waals surface area (Å²) in [6.45, 7) is 10.7. The molecule has 0 unspecified atom stereocenters. The predicted molar refractivity (Wildman–Crippen MR) is 117 cm³/mol. The van der Waals surface area contributed by atoms with Crippen molar-refractivity contribution in [3.8, 4) is 11.1 Å². The maximum absolute atomic E-state index is 13.6. The molecule has 1 aliphatic heterocycles. The van der Waals surface area contributed by atoms with Gasteiger partial charge in [0.05, 0.1) is 18.8 Å². The third-order valence-electron chi connectivity index (χ3n) is 5.03. The molecule has 0 amide bonds. The van der Waals surface area contributed by atoms with Crippen molar-refractivity contribution in [2.45, 2.75) is 32.2 Å². The van der Waals surface area contributed by atoms with Crippen molar-refractivity contribution in [3.05, 3.63) is 66.8 Å². The van der Waals surface area contributed by atoms with Crippen LogP contribution in [0.2, 0.25) is 0 Å². The van der Waals surface area contributed by atoms with Gasteiger partial charge in [0, 0.05) is 42.2 Å². The van der Waals surface area contributed by atoms with Crippen LogP contribution in [0.15, 0.2) is 55.4 Å². The van der Waals surface area contributed by atoms with Crippen molar-refractivity contribution < 1.29 is 8.78 Å². The smallest absolute Gasteiger partial charge is 0.260 e. The number of nitrogens with zero attached hydrogens (tertiary/aromatic N) is 3. The lowest BCUT2D eigenvalue weighted by molar-refractivity contribution is -0.0666. The summed E-state index contributed by atoms with van der Waals surface area (Å²) in [6, 6.07) is 5.76. The van der Waals surface area contributed by atoms with Gasteiger partial charge < -0.3 is 5.32 Å². The fourth-order valence-corrected chi connectivity index (χ4v) is 3.46. The topological polar surface area (TPSA) is 64.9 Å². The van der Waals surface area contributed by atoms with E-state index in [4.69, 9.17) is 5.41 Å². The quantitative estimate of drug-likeness (QED) is 0.478. The van der Waals surface area contributed by atoms with Crippen LogP contribution >= 0.6 is 0 Å². The second-order valence-electron chi connectivity index (χ2n) is 7.64. The van der Waals surface area contributed by atoms with E-state index < -0.39 is 5.92 Å². The van der Waals surface area contributed by atoms with Crippen molar-refractivity contribution in [3.63, 3.8) is 0 Å². The number of halogens is 2. The SMILES string of the molecule is C=CCNc1ccc(-c2cnc(CN3CCCC(F)(F)C3)nc2)cc1C(=N)C(=C)C. The molecule has 7 heteroatoms. The summed E-state index contributed by atoms with van der Waals surface area (Å²) in [6.07, 6.45) is 5.58. The Bertz CT molecular complexity index is 937. The maximum Gasteiger partial charge on any atom is 0.260 e. The van der Waals surface area contributed by atoms with Gasteiger partial charge in [-0.1, -0.05) is 18.7 Å². The fraction of sp³-hybridized carbons (Fsp3) is 0.348. The molecule has 0 bridgehead atoms. The van der Waals surface area contributed by atoms with Crippen LogP contribution in [-0.4, -0.2) is 46.1 Å². The van der Waals surface area contributed by atoms with Crippen LogP contribution in [0.25, 0.3) is 11.1 Å². The lowest BCUT2D eigenvalue weighted by Gasteiger charge is -2.31. The largest absolute Gasteiger partial charge is 0.381 e. The van der Waals surface area contributed by atoms with Crippen molar-refractivity contribution in [1.29, 1.82) is 5.41 Å². The number of rotatable bonds is 8. The highest BCUT2D eigenvalue weighted by Gasteiger charge is 2.35. The molecule has 158 valence electrons. The standard InChI is InChI=1S/C23H27F2N5/c1-4-9-27-20-7-6-17(11-19(20)22(26)16(2)3)18-12-28-21(29-13-18)14-30-10-5-8-23(24,25)15-30/h4,6-7,11-13,26-27H,1-2,5,8-10,14-15H2,3H3. The number of hydrogen-bond acceptors (Lipinski definition) is 5. The van der Waals surface area contributed by atoms with Gasteiger partial charge in [0.25, 0.3) is 5.92 Å².